The Morgan fingerprint density at radius 3 is 2.18 bits per heavy atom. The highest BCUT2D eigenvalue weighted by Gasteiger charge is 2.64. The van der Waals surface area contributed by atoms with Gasteiger partial charge in [0.2, 0.25) is 0 Å². The van der Waals surface area contributed by atoms with Crippen molar-refractivity contribution >= 4 is 0 Å². The Morgan fingerprint density at radius 1 is 1.00 bits per heavy atom. The third kappa shape index (κ3) is 1.35. The van der Waals surface area contributed by atoms with Crippen LogP contribution in [0.3, 0.4) is 0 Å². The molecule has 0 aromatic heterocycles. The van der Waals surface area contributed by atoms with E-state index in [0.29, 0.717) is 5.92 Å². The molecular weight excluding hydrogens is 208 g/mol. The molecule has 0 heterocycles. The maximum absolute atomic E-state index is 11.5. The number of aliphatic hydroxyl groups is 1. The summed E-state index contributed by atoms with van der Waals surface area (Å²) in [5, 5.41) is 11.5. The summed E-state index contributed by atoms with van der Waals surface area (Å²) < 4.78 is 0. The predicted molar refractivity (Wildman–Crippen MR) is 70.8 cm³/mol. The standard InChI is InChI=1S/C16H28O/c1-12-5-4-8-16(17,14(12,2)3)15-9-6-13(11-15)7-10-15/h12-13,17H,4-11H2,1-3H3. The quantitative estimate of drug-likeness (QED) is 0.725. The molecule has 0 aliphatic heterocycles. The zero-order chi connectivity index (χ0) is 12.3. The summed E-state index contributed by atoms with van der Waals surface area (Å²) >= 11 is 0. The highest BCUT2D eigenvalue weighted by molar-refractivity contribution is 5.14. The van der Waals surface area contributed by atoms with Gasteiger partial charge < -0.3 is 5.11 Å². The lowest BCUT2D eigenvalue weighted by Gasteiger charge is -2.58. The molecule has 2 bridgehead atoms. The van der Waals surface area contributed by atoms with Crippen molar-refractivity contribution in [2.45, 2.75) is 77.7 Å². The van der Waals surface area contributed by atoms with Crippen LogP contribution in [0.5, 0.6) is 0 Å². The van der Waals surface area contributed by atoms with Crippen LogP contribution in [0.1, 0.15) is 72.1 Å². The lowest BCUT2D eigenvalue weighted by Crippen LogP contribution is -2.60. The van der Waals surface area contributed by atoms with Crippen LogP contribution in [0.25, 0.3) is 0 Å². The molecule has 98 valence electrons. The van der Waals surface area contributed by atoms with Crippen molar-refractivity contribution < 1.29 is 5.11 Å². The first kappa shape index (κ1) is 12.0. The van der Waals surface area contributed by atoms with Crippen molar-refractivity contribution in [2.75, 3.05) is 0 Å². The van der Waals surface area contributed by atoms with E-state index in [1.807, 2.05) is 0 Å². The van der Waals surface area contributed by atoms with E-state index in [1.54, 1.807) is 0 Å². The second-order valence-corrected chi connectivity index (χ2v) is 7.80. The molecule has 17 heavy (non-hydrogen) atoms. The summed E-state index contributed by atoms with van der Waals surface area (Å²) in [5.74, 6) is 1.60. The van der Waals surface area contributed by atoms with Gasteiger partial charge in [0, 0.05) is 0 Å². The van der Waals surface area contributed by atoms with Crippen LogP contribution >= 0.6 is 0 Å². The average Bonchev–Trinajstić information content (AvgIpc) is 2.88. The summed E-state index contributed by atoms with van der Waals surface area (Å²) in [6.45, 7) is 7.01. The third-order valence-corrected chi connectivity index (χ3v) is 7.09. The molecule has 3 aliphatic carbocycles. The van der Waals surface area contributed by atoms with E-state index >= 15 is 0 Å². The van der Waals surface area contributed by atoms with Gasteiger partial charge in [0.05, 0.1) is 5.60 Å². The molecule has 0 radical (unpaired) electrons. The highest BCUT2D eigenvalue weighted by Crippen LogP contribution is 2.67. The number of hydrogen-bond acceptors (Lipinski definition) is 1. The Kier molecular flexibility index (Phi) is 2.47. The van der Waals surface area contributed by atoms with Crippen molar-refractivity contribution in [3.05, 3.63) is 0 Å². The zero-order valence-corrected chi connectivity index (χ0v) is 11.8. The van der Waals surface area contributed by atoms with Gasteiger partial charge in [0.1, 0.15) is 0 Å². The van der Waals surface area contributed by atoms with Gasteiger partial charge in [0.15, 0.2) is 0 Å². The predicted octanol–water partition coefficient (Wildman–Crippen LogP) is 4.14. The van der Waals surface area contributed by atoms with Gasteiger partial charge in [0.25, 0.3) is 0 Å². The second-order valence-electron chi connectivity index (χ2n) is 7.80. The van der Waals surface area contributed by atoms with Crippen LogP contribution in [0.15, 0.2) is 0 Å². The van der Waals surface area contributed by atoms with E-state index in [4.69, 9.17) is 0 Å². The lowest BCUT2D eigenvalue weighted by molar-refractivity contribution is -0.199. The summed E-state index contributed by atoms with van der Waals surface area (Å²) in [6, 6.07) is 0. The minimum atomic E-state index is -0.386. The number of rotatable bonds is 1. The molecule has 1 N–H and O–H groups in total. The molecule has 2 unspecified atom stereocenters. The normalized spacial score (nSPS) is 52.9. The number of fused-ring (bicyclic) bond motifs is 2. The fourth-order valence-electron chi connectivity index (χ4n) is 5.48. The Bertz CT molecular complexity index is 311. The van der Waals surface area contributed by atoms with Crippen molar-refractivity contribution in [2.24, 2.45) is 22.7 Å². The SMILES string of the molecule is CC1CCCC(O)(C23CCC(CC2)C3)C1(C)C. The Hall–Kier alpha value is -0.0400. The Morgan fingerprint density at radius 2 is 1.65 bits per heavy atom. The minimum Gasteiger partial charge on any atom is -0.389 e. The zero-order valence-electron chi connectivity index (χ0n) is 11.8. The van der Waals surface area contributed by atoms with Crippen LogP contribution in [0, 0.1) is 22.7 Å². The van der Waals surface area contributed by atoms with E-state index in [2.05, 4.69) is 20.8 Å². The van der Waals surface area contributed by atoms with Gasteiger partial charge in [-0.05, 0) is 67.6 Å². The first-order valence-electron chi connectivity index (χ1n) is 7.64. The summed E-state index contributed by atoms with van der Waals surface area (Å²) in [6.07, 6.45) is 10.3. The number of hydrogen-bond donors (Lipinski definition) is 1. The van der Waals surface area contributed by atoms with Gasteiger partial charge in [-0.3, -0.25) is 0 Å². The smallest absolute Gasteiger partial charge is 0.0756 e. The molecule has 3 saturated carbocycles. The minimum absolute atomic E-state index is 0.102. The maximum atomic E-state index is 11.5. The summed E-state index contributed by atoms with van der Waals surface area (Å²) in [7, 11) is 0. The lowest BCUT2D eigenvalue weighted by atomic mass is 9.50. The molecule has 0 aromatic rings. The topological polar surface area (TPSA) is 20.2 Å². The van der Waals surface area contributed by atoms with Crippen LogP contribution in [-0.2, 0) is 0 Å². The first-order valence-corrected chi connectivity index (χ1v) is 7.64. The van der Waals surface area contributed by atoms with Crippen LogP contribution in [0.4, 0.5) is 0 Å². The monoisotopic (exact) mass is 236 g/mol. The molecule has 0 spiro atoms. The molecule has 2 atom stereocenters. The molecule has 1 heteroatoms. The van der Waals surface area contributed by atoms with Gasteiger partial charge in [-0.15, -0.1) is 0 Å². The van der Waals surface area contributed by atoms with Crippen molar-refractivity contribution in [1.82, 2.24) is 0 Å². The van der Waals surface area contributed by atoms with Crippen molar-refractivity contribution in [1.29, 1.82) is 0 Å². The molecule has 0 saturated heterocycles. The average molecular weight is 236 g/mol. The summed E-state index contributed by atoms with van der Waals surface area (Å²) in [4.78, 5) is 0. The fourth-order valence-corrected chi connectivity index (χ4v) is 5.48. The Balaban J connectivity index is 1.99. The largest absolute Gasteiger partial charge is 0.389 e. The molecule has 0 aromatic carbocycles. The van der Waals surface area contributed by atoms with Crippen LogP contribution in [-0.4, -0.2) is 10.7 Å². The van der Waals surface area contributed by atoms with Gasteiger partial charge >= 0.3 is 0 Å². The maximum Gasteiger partial charge on any atom is 0.0756 e. The Labute approximate surface area is 106 Å². The van der Waals surface area contributed by atoms with Gasteiger partial charge in [-0.25, -0.2) is 0 Å². The summed E-state index contributed by atoms with van der Waals surface area (Å²) in [5.41, 5.74) is 0.00322. The molecular formula is C16H28O. The van der Waals surface area contributed by atoms with Crippen molar-refractivity contribution in [3.8, 4) is 0 Å². The molecule has 0 amide bonds. The third-order valence-electron chi connectivity index (χ3n) is 7.09. The molecule has 1 nitrogen and oxygen atoms in total. The second kappa shape index (κ2) is 3.50. The van der Waals surface area contributed by atoms with Crippen LogP contribution in [0.2, 0.25) is 0 Å². The molecule has 3 aliphatic rings. The van der Waals surface area contributed by atoms with E-state index in [1.165, 1.54) is 44.9 Å². The molecule has 3 rings (SSSR count). The fraction of sp³-hybridized carbons (Fsp3) is 1.00. The van der Waals surface area contributed by atoms with Crippen LogP contribution < -0.4 is 0 Å². The highest BCUT2D eigenvalue weighted by atomic mass is 16.3. The van der Waals surface area contributed by atoms with E-state index < -0.39 is 0 Å². The first-order chi connectivity index (χ1) is 7.91. The van der Waals surface area contributed by atoms with E-state index in [0.717, 1.165) is 12.3 Å². The van der Waals surface area contributed by atoms with Gasteiger partial charge in [-0.1, -0.05) is 27.2 Å². The van der Waals surface area contributed by atoms with Gasteiger partial charge in [-0.2, -0.15) is 0 Å². The van der Waals surface area contributed by atoms with E-state index in [-0.39, 0.29) is 16.4 Å². The molecule has 3 fully saturated rings. The van der Waals surface area contributed by atoms with Crippen molar-refractivity contribution in [3.63, 3.8) is 0 Å². The van der Waals surface area contributed by atoms with E-state index in [9.17, 15) is 5.11 Å².